The minimum absolute atomic E-state index is 0.119. The Morgan fingerprint density at radius 2 is 1.58 bits per heavy atom. The Bertz CT molecular complexity index is 1330. The van der Waals surface area contributed by atoms with Gasteiger partial charge >= 0.3 is 6.03 Å². The highest BCUT2D eigenvalue weighted by Gasteiger charge is 2.11. The maximum Gasteiger partial charge on any atom is 0.323 e. The van der Waals surface area contributed by atoms with Gasteiger partial charge in [-0.15, -0.1) is 11.3 Å². The van der Waals surface area contributed by atoms with Crippen LogP contribution in [0, 0.1) is 17.5 Å². The van der Waals surface area contributed by atoms with Crippen molar-refractivity contribution in [1.29, 1.82) is 0 Å². The largest absolute Gasteiger partial charge is 0.325 e. The second-order valence-corrected chi connectivity index (χ2v) is 8.96. The van der Waals surface area contributed by atoms with Crippen LogP contribution >= 0.6 is 23.1 Å². The maximum atomic E-state index is 13.7. The topological polar surface area (TPSA) is 83.1 Å². The van der Waals surface area contributed by atoms with Crippen molar-refractivity contribution in [3.8, 4) is 0 Å². The van der Waals surface area contributed by atoms with Crippen LogP contribution in [0.4, 0.5) is 35.0 Å². The molecule has 0 radical (unpaired) electrons. The molecule has 33 heavy (non-hydrogen) atoms. The number of rotatable bonds is 6. The van der Waals surface area contributed by atoms with Crippen LogP contribution in [0.5, 0.6) is 0 Å². The van der Waals surface area contributed by atoms with Crippen molar-refractivity contribution >= 4 is 62.3 Å². The number of urea groups is 1. The van der Waals surface area contributed by atoms with Crippen LogP contribution in [-0.2, 0) is 4.79 Å². The van der Waals surface area contributed by atoms with Crippen LogP contribution in [0.25, 0.3) is 10.2 Å². The van der Waals surface area contributed by atoms with Gasteiger partial charge in [0, 0.05) is 17.4 Å². The number of nitrogens with one attached hydrogen (secondary N) is 3. The van der Waals surface area contributed by atoms with Crippen LogP contribution in [-0.4, -0.2) is 22.7 Å². The molecule has 4 rings (SSSR count). The summed E-state index contributed by atoms with van der Waals surface area (Å²) in [5.74, 6) is -2.14. The fraction of sp³-hybridized carbons (Fsp3) is 0.0455. The Hall–Kier alpha value is -3.57. The predicted molar refractivity (Wildman–Crippen MR) is 124 cm³/mol. The second kappa shape index (κ2) is 9.92. The normalized spacial score (nSPS) is 10.8. The molecule has 6 nitrogen and oxygen atoms in total. The Kier molecular flexibility index (Phi) is 6.80. The van der Waals surface area contributed by atoms with Crippen LogP contribution in [0.1, 0.15) is 0 Å². The Morgan fingerprint density at radius 1 is 0.848 bits per heavy atom. The van der Waals surface area contributed by atoms with Crippen LogP contribution in [0.3, 0.4) is 0 Å². The molecule has 1 aromatic heterocycles. The van der Waals surface area contributed by atoms with E-state index in [1.54, 1.807) is 18.2 Å². The van der Waals surface area contributed by atoms with Gasteiger partial charge in [0.25, 0.3) is 0 Å². The van der Waals surface area contributed by atoms with Gasteiger partial charge in [0.1, 0.15) is 17.5 Å². The van der Waals surface area contributed by atoms with Crippen molar-refractivity contribution in [1.82, 2.24) is 4.98 Å². The third-order valence-corrected chi connectivity index (χ3v) is 6.42. The average molecular weight is 489 g/mol. The first-order valence-electron chi connectivity index (χ1n) is 9.47. The predicted octanol–water partition coefficient (Wildman–Crippen LogP) is 6.09. The molecule has 0 aliphatic heterocycles. The molecule has 0 atom stereocenters. The van der Waals surface area contributed by atoms with E-state index in [2.05, 4.69) is 20.9 Å². The van der Waals surface area contributed by atoms with E-state index in [-0.39, 0.29) is 23.2 Å². The zero-order valence-corrected chi connectivity index (χ0v) is 18.3. The highest BCUT2D eigenvalue weighted by Crippen LogP contribution is 2.31. The lowest BCUT2D eigenvalue weighted by Crippen LogP contribution is -2.20. The Labute approximate surface area is 194 Å². The van der Waals surface area contributed by atoms with Gasteiger partial charge in [0.15, 0.2) is 4.34 Å². The molecule has 0 saturated heterocycles. The number of carbonyl (C=O) groups excluding carboxylic acids is 2. The van der Waals surface area contributed by atoms with Crippen molar-refractivity contribution in [2.75, 3.05) is 21.7 Å². The minimum atomic E-state index is -0.881. The number of anilines is 3. The molecule has 4 aromatic rings. The van der Waals surface area contributed by atoms with Gasteiger partial charge in [-0.05, 0) is 54.6 Å². The number of halogens is 3. The summed E-state index contributed by atoms with van der Waals surface area (Å²) >= 11 is 2.60. The molecular weight excluding hydrogens is 473 g/mol. The van der Waals surface area contributed by atoms with Crippen molar-refractivity contribution in [3.63, 3.8) is 0 Å². The molecule has 0 fully saturated rings. The molecule has 3 N–H and O–H groups in total. The molecule has 3 aromatic carbocycles. The SMILES string of the molecule is O=C(CSc1nc2ccc(NC(=O)Nc3ccc(F)cc3F)cc2s1)Nc1ccc(F)cc1. The van der Waals surface area contributed by atoms with Crippen molar-refractivity contribution in [2.24, 2.45) is 0 Å². The van der Waals surface area contributed by atoms with Crippen LogP contribution < -0.4 is 16.0 Å². The summed E-state index contributed by atoms with van der Waals surface area (Å²) in [7, 11) is 0. The van der Waals surface area contributed by atoms with Crippen molar-refractivity contribution < 1.29 is 22.8 Å². The van der Waals surface area contributed by atoms with E-state index in [0.29, 0.717) is 27.3 Å². The Morgan fingerprint density at radius 3 is 2.33 bits per heavy atom. The first-order chi connectivity index (χ1) is 15.9. The molecule has 0 aliphatic rings. The second-order valence-electron chi connectivity index (χ2n) is 6.71. The first-order valence-corrected chi connectivity index (χ1v) is 11.3. The summed E-state index contributed by atoms with van der Waals surface area (Å²) < 4.78 is 41.1. The summed E-state index contributed by atoms with van der Waals surface area (Å²) in [5.41, 5.74) is 1.50. The lowest BCUT2D eigenvalue weighted by Gasteiger charge is -2.08. The highest BCUT2D eigenvalue weighted by atomic mass is 32.2. The van der Waals surface area contributed by atoms with E-state index in [1.165, 1.54) is 47.4 Å². The fourth-order valence-electron chi connectivity index (χ4n) is 2.78. The molecule has 1 heterocycles. The van der Waals surface area contributed by atoms with E-state index in [1.807, 2.05) is 0 Å². The van der Waals surface area contributed by atoms with Gasteiger partial charge in [-0.1, -0.05) is 11.8 Å². The van der Waals surface area contributed by atoms with E-state index in [9.17, 15) is 22.8 Å². The monoisotopic (exact) mass is 488 g/mol. The maximum absolute atomic E-state index is 13.7. The van der Waals surface area contributed by atoms with Gasteiger partial charge in [0.05, 0.1) is 21.7 Å². The summed E-state index contributed by atoms with van der Waals surface area (Å²) in [6.07, 6.45) is 0. The standard InChI is InChI=1S/C22H15F3N4O2S2/c23-12-1-4-14(5-2-12)26-20(30)11-32-22-29-18-8-6-15(10-19(18)33-22)27-21(31)28-17-7-3-13(24)9-16(17)25/h1-10H,11H2,(H,26,30)(H2,27,28,31). The first kappa shape index (κ1) is 22.6. The molecule has 11 heteroatoms. The van der Waals surface area contributed by atoms with Gasteiger partial charge in [0.2, 0.25) is 5.91 Å². The molecule has 3 amide bonds. The summed E-state index contributed by atoms with van der Waals surface area (Å²) in [5, 5.41) is 7.59. The Balaban J connectivity index is 1.35. The molecule has 0 bridgehead atoms. The third-order valence-electron chi connectivity index (χ3n) is 4.26. The average Bonchev–Trinajstić information content (AvgIpc) is 3.18. The van der Waals surface area contributed by atoms with Gasteiger partial charge in [-0.2, -0.15) is 0 Å². The van der Waals surface area contributed by atoms with E-state index in [4.69, 9.17) is 0 Å². The summed E-state index contributed by atoms with van der Waals surface area (Å²) in [6, 6.07) is 12.7. The number of hydrogen-bond donors (Lipinski definition) is 3. The number of aromatic nitrogens is 1. The quantitative estimate of drug-likeness (QED) is 0.287. The third kappa shape index (κ3) is 6.02. The molecule has 0 spiro atoms. The molecule has 0 saturated carbocycles. The zero-order valence-electron chi connectivity index (χ0n) is 16.7. The lowest BCUT2D eigenvalue weighted by molar-refractivity contribution is -0.113. The molecule has 0 aliphatic carbocycles. The zero-order chi connectivity index (χ0) is 23.4. The minimum Gasteiger partial charge on any atom is -0.325 e. The van der Waals surface area contributed by atoms with Gasteiger partial charge in [-0.3, -0.25) is 4.79 Å². The van der Waals surface area contributed by atoms with E-state index >= 15 is 0 Å². The number of amides is 3. The molecular formula is C22H15F3N4O2S2. The number of benzene rings is 3. The van der Waals surface area contributed by atoms with Gasteiger partial charge in [-0.25, -0.2) is 22.9 Å². The smallest absolute Gasteiger partial charge is 0.323 e. The van der Waals surface area contributed by atoms with Crippen LogP contribution in [0.15, 0.2) is 65.0 Å². The number of thioether (sulfide) groups is 1. The van der Waals surface area contributed by atoms with Crippen LogP contribution in [0.2, 0.25) is 0 Å². The fourth-order valence-corrected chi connectivity index (χ4v) is 4.68. The lowest BCUT2D eigenvalue weighted by atomic mass is 10.3. The van der Waals surface area contributed by atoms with E-state index < -0.39 is 17.7 Å². The molecule has 168 valence electrons. The summed E-state index contributed by atoms with van der Waals surface area (Å²) in [4.78, 5) is 28.7. The molecule has 0 unspecified atom stereocenters. The number of thiazole rings is 1. The van der Waals surface area contributed by atoms with Gasteiger partial charge < -0.3 is 16.0 Å². The number of carbonyl (C=O) groups is 2. The highest BCUT2D eigenvalue weighted by molar-refractivity contribution is 8.01. The van der Waals surface area contributed by atoms with Crippen molar-refractivity contribution in [3.05, 3.63) is 78.1 Å². The number of nitrogens with zero attached hydrogens (tertiary/aromatic N) is 1. The number of fused-ring (bicyclic) bond motifs is 1. The van der Waals surface area contributed by atoms with Crippen molar-refractivity contribution in [2.45, 2.75) is 4.34 Å². The summed E-state index contributed by atoms with van der Waals surface area (Å²) in [6.45, 7) is 0. The number of hydrogen-bond acceptors (Lipinski definition) is 5. The van der Waals surface area contributed by atoms with E-state index in [0.717, 1.165) is 16.8 Å².